The molecule has 0 bridgehead atoms. The van der Waals surface area contributed by atoms with Crippen LogP contribution in [0.25, 0.3) is 6.08 Å². The summed E-state index contributed by atoms with van der Waals surface area (Å²) in [5.41, 5.74) is 8.92. The van der Waals surface area contributed by atoms with Crippen LogP contribution in [0.1, 0.15) is 21.5 Å². The molecule has 0 unspecified atom stereocenters. The number of nitrogen functional groups attached to an aromatic ring is 1. The number of nitrogens with zero attached hydrogens (tertiary/aromatic N) is 1. The van der Waals surface area contributed by atoms with Crippen LogP contribution in [0.5, 0.6) is 11.5 Å². The molecule has 0 aliphatic rings. The number of carbonyl (C=O) groups excluding carboxylic acids is 1. The van der Waals surface area contributed by atoms with E-state index in [9.17, 15) is 9.90 Å². The van der Waals surface area contributed by atoms with Gasteiger partial charge in [0.15, 0.2) is 5.78 Å². The number of hydrogen-bond acceptors (Lipinski definition) is 7. The second-order valence-electron chi connectivity index (χ2n) is 6.41. The predicted octanol–water partition coefficient (Wildman–Crippen LogP) is 3.81. The molecular weight excluding hydrogens is 382 g/mol. The van der Waals surface area contributed by atoms with E-state index in [1.165, 1.54) is 13.2 Å². The molecule has 30 heavy (non-hydrogen) atoms. The summed E-state index contributed by atoms with van der Waals surface area (Å²) in [5, 5.41) is 12.6. The SMILES string of the molecule is COc1ccc(C(=O)/C=C/c2cccnc2Nc2ccc(CO)c(OC)c2)cc1N. The third-order valence-electron chi connectivity index (χ3n) is 4.49. The molecular formula is C23H23N3O4. The van der Waals surface area contributed by atoms with Crippen molar-refractivity contribution < 1.29 is 19.4 Å². The summed E-state index contributed by atoms with van der Waals surface area (Å²) >= 11 is 0. The van der Waals surface area contributed by atoms with E-state index in [1.807, 2.05) is 12.1 Å². The van der Waals surface area contributed by atoms with Crippen LogP contribution in [0.2, 0.25) is 0 Å². The van der Waals surface area contributed by atoms with Crippen molar-refractivity contribution in [3.8, 4) is 11.5 Å². The number of nitrogens with two attached hydrogens (primary N) is 1. The van der Waals surface area contributed by atoms with E-state index in [4.69, 9.17) is 15.2 Å². The van der Waals surface area contributed by atoms with Crippen molar-refractivity contribution in [1.82, 2.24) is 4.98 Å². The van der Waals surface area contributed by atoms with Gasteiger partial charge in [0.05, 0.1) is 26.5 Å². The standard InChI is InChI=1S/C23H23N3O4/c1-29-21-10-7-16(12-19(21)24)20(28)9-6-15-4-3-11-25-23(15)26-18-8-5-17(14-27)22(13-18)30-2/h3-13,27H,14,24H2,1-2H3,(H,25,26)/b9-6+. The number of ketones is 1. The summed E-state index contributed by atoms with van der Waals surface area (Å²) in [6.07, 6.45) is 4.82. The zero-order chi connectivity index (χ0) is 21.5. The number of nitrogens with one attached hydrogen (secondary N) is 1. The monoisotopic (exact) mass is 405 g/mol. The van der Waals surface area contributed by atoms with Gasteiger partial charge in [0, 0.05) is 34.6 Å². The molecule has 4 N–H and O–H groups in total. The Morgan fingerprint density at radius 3 is 2.63 bits per heavy atom. The summed E-state index contributed by atoms with van der Waals surface area (Å²) < 4.78 is 10.4. The molecule has 1 heterocycles. The van der Waals surface area contributed by atoms with Crippen LogP contribution in [0.3, 0.4) is 0 Å². The average molecular weight is 405 g/mol. The maximum atomic E-state index is 12.5. The lowest BCUT2D eigenvalue weighted by molar-refractivity contribution is 0.104. The number of rotatable bonds is 8. The molecule has 1 aromatic heterocycles. The van der Waals surface area contributed by atoms with Crippen LogP contribution in [0.15, 0.2) is 60.8 Å². The molecule has 7 heteroatoms. The van der Waals surface area contributed by atoms with E-state index in [2.05, 4.69) is 10.3 Å². The first kappa shape index (κ1) is 20.9. The summed E-state index contributed by atoms with van der Waals surface area (Å²) in [4.78, 5) is 16.9. The fourth-order valence-corrected chi connectivity index (χ4v) is 2.90. The van der Waals surface area contributed by atoms with Crippen molar-refractivity contribution in [2.45, 2.75) is 6.61 Å². The third kappa shape index (κ3) is 4.76. The molecule has 2 aromatic carbocycles. The highest BCUT2D eigenvalue weighted by molar-refractivity contribution is 6.07. The molecule has 0 aliphatic heterocycles. The number of benzene rings is 2. The number of pyridine rings is 1. The van der Waals surface area contributed by atoms with Crippen molar-refractivity contribution in [3.63, 3.8) is 0 Å². The number of hydrogen-bond donors (Lipinski definition) is 3. The van der Waals surface area contributed by atoms with Crippen molar-refractivity contribution >= 4 is 29.1 Å². The van der Waals surface area contributed by atoms with Gasteiger partial charge in [-0.15, -0.1) is 0 Å². The van der Waals surface area contributed by atoms with Crippen molar-refractivity contribution in [1.29, 1.82) is 0 Å². The quantitative estimate of drug-likeness (QED) is 0.297. The normalized spacial score (nSPS) is 10.8. The summed E-state index contributed by atoms with van der Waals surface area (Å²) in [6, 6.07) is 13.9. The number of methoxy groups -OCH3 is 2. The molecule has 0 saturated heterocycles. The highest BCUT2D eigenvalue weighted by atomic mass is 16.5. The highest BCUT2D eigenvalue weighted by Gasteiger charge is 2.08. The zero-order valence-corrected chi connectivity index (χ0v) is 16.8. The van der Waals surface area contributed by atoms with E-state index in [0.29, 0.717) is 34.1 Å². The Bertz CT molecular complexity index is 1080. The predicted molar refractivity (Wildman–Crippen MR) is 117 cm³/mol. The van der Waals surface area contributed by atoms with Crippen LogP contribution < -0.4 is 20.5 Å². The Labute approximate surface area is 174 Å². The Morgan fingerprint density at radius 2 is 1.93 bits per heavy atom. The maximum Gasteiger partial charge on any atom is 0.185 e. The summed E-state index contributed by atoms with van der Waals surface area (Å²) in [5.74, 6) is 1.49. The third-order valence-corrected chi connectivity index (χ3v) is 4.49. The van der Waals surface area contributed by atoms with Crippen molar-refractivity contribution in [2.75, 3.05) is 25.3 Å². The number of allylic oxidation sites excluding steroid dienone is 1. The molecule has 3 aromatic rings. The molecule has 0 aliphatic carbocycles. The fraction of sp³-hybridized carbons (Fsp3) is 0.130. The second kappa shape index (κ2) is 9.58. The topological polar surface area (TPSA) is 107 Å². The fourth-order valence-electron chi connectivity index (χ4n) is 2.90. The average Bonchev–Trinajstić information content (AvgIpc) is 2.78. The number of aliphatic hydroxyl groups is 1. The smallest absolute Gasteiger partial charge is 0.185 e. The van der Waals surface area contributed by atoms with Gasteiger partial charge in [-0.05, 0) is 48.6 Å². The van der Waals surface area contributed by atoms with E-state index in [-0.39, 0.29) is 12.4 Å². The Balaban J connectivity index is 1.81. The molecule has 3 rings (SSSR count). The number of aromatic nitrogens is 1. The molecule has 0 radical (unpaired) electrons. The molecule has 7 nitrogen and oxygen atoms in total. The first-order chi connectivity index (χ1) is 14.5. The van der Waals surface area contributed by atoms with Crippen LogP contribution in [-0.2, 0) is 6.61 Å². The van der Waals surface area contributed by atoms with E-state index < -0.39 is 0 Å². The minimum absolute atomic E-state index is 0.112. The lowest BCUT2D eigenvalue weighted by Gasteiger charge is -2.12. The molecule has 0 amide bonds. The number of carbonyl (C=O) groups is 1. The van der Waals surface area contributed by atoms with Gasteiger partial charge in [-0.2, -0.15) is 0 Å². The molecule has 0 fully saturated rings. The Kier molecular flexibility index (Phi) is 6.67. The van der Waals surface area contributed by atoms with Gasteiger partial charge in [-0.1, -0.05) is 6.07 Å². The van der Waals surface area contributed by atoms with Crippen LogP contribution in [0, 0.1) is 0 Å². The Hall–Kier alpha value is -3.84. The minimum atomic E-state index is -0.187. The van der Waals surface area contributed by atoms with Gasteiger partial charge in [0.25, 0.3) is 0 Å². The number of anilines is 3. The number of ether oxygens (including phenoxy) is 2. The van der Waals surface area contributed by atoms with Crippen molar-refractivity contribution in [3.05, 3.63) is 77.5 Å². The van der Waals surface area contributed by atoms with Crippen LogP contribution in [0.4, 0.5) is 17.2 Å². The van der Waals surface area contributed by atoms with Gasteiger partial charge in [0.2, 0.25) is 0 Å². The Morgan fingerprint density at radius 1 is 1.13 bits per heavy atom. The van der Waals surface area contributed by atoms with Gasteiger partial charge >= 0.3 is 0 Å². The first-order valence-electron chi connectivity index (χ1n) is 9.21. The lowest BCUT2D eigenvalue weighted by Crippen LogP contribution is -2.00. The van der Waals surface area contributed by atoms with E-state index in [1.54, 1.807) is 55.8 Å². The summed E-state index contributed by atoms with van der Waals surface area (Å²) in [7, 11) is 3.07. The van der Waals surface area contributed by atoms with Gasteiger partial charge < -0.3 is 25.6 Å². The van der Waals surface area contributed by atoms with Crippen molar-refractivity contribution in [2.24, 2.45) is 0 Å². The molecule has 154 valence electrons. The highest BCUT2D eigenvalue weighted by Crippen LogP contribution is 2.27. The largest absolute Gasteiger partial charge is 0.496 e. The molecule has 0 saturated carbocycles. The van der Waals surface area contributed by atoms with Gasteiger partial charge in [-0.3, -0.25) is 4.79 Å². The van der Waals surface area contributed by atoms with E-state index in [0.717, 1.165) is 11.3 Å². The van der Waals surface area contributed by atoms with Gasteiger partial charge in [-0.25, -0.2) is 4.98 Å². The summed E-state index contributed by atoms with van der Waals surface area (Å²) in [6.45, 7) is -0.112. The maximum absolute atomic E-state index is 12.5. The molecule has 0 atom stereocenters. The van der Waals surface area contributed by atoms with Crippen LogP contribution in [-0.4, -0.2) is 30.1 Å². The van der Waals surface area contributed by atoms with Crippen LogP contribution >= 0.6 is 0 Å². The number of aliphatic hydroxyl groups excluding tert-OH is 1. The minimum Gasteiger partial charge on any atom is -0.496 e. The molecule has 0 spiro atoms. The second-order valence-corrected chi connectivity index (χ2v) is 6.41. The zero-order valence-electron chi connectivity index (χ0n) is 16.8. The first-order valence-corrected chi connectivity index (χ1v) is 9.21. The lowest BCUT2D eigenvalue weighted by atomic mass is 10.1. The van der Waals surface area contributed by atoms with E-state index >= 15 is 0 Å². The van der Waals surface area contributed by atoms with Gasteiger partial charge in [0.1, 0.15) is 17.3 Å².